The Balaban J connectivity index is 2.90. The summed E-state index contributed by atoms with van der Waals surface area (Å²) in [4.78, 5) is 30.5. The van der Waals surface area contributed by atoms with Crippen LogP contribution in [0.2, 0.25) is 0 Å². The number of hydrogen-bond acceptors (Lipinski definition) is 4. The number of Topliss-reactive ketones (excluding diaryl/α,β-unsaturated/α-hetero) is 1. The van der Waals surface area contributed by atoms with E-state index in [0.717, 1.165) is 6.54 Å². The molecule has 0 unspecified atom stereocenters. The molecule has 0 atom stereocenters. The van der Waals surface area contributed by atoms with Gasteiger partial charge < -0.3 is 10.2 Å². The first kappa shape index (κ1) is 16.3. The van der Waals surface area contributed by atoms with Crippen LogP contribution in [0.4, 0.5) is 0 Å². The molecule has 5 heteroatoms. The third kappa shape index (κ3) is 4.42. The minimum absolute atomic E-state index is 0.129. The summed E-state index contributed by atoms with van der Waals surface area (Å²) in [5, 5.41) is 2.80. The van der Waals surface area contributed by atoms with Crippen molar-refractivity contribution in [3.05, 3.63) is 29.6 Å². The quantitative estimate of drug-likeness (QED) is 0.830. The number of carbonyl (C=O) groups excluding carboxylic acids is 2. The van der Waals surface area contributed by atoms with Gasteiger partial charge >= 0.3 is 0 Å². The molecule has 0 fully saturated rings. The first-order valence-electron chi connectivity index (χ1n) is 6.66. The zero-order valence-corrected chi connectivity index (χ0v) is 12.9. The molecule has 0 radical (unpaired) electrons. The zero-order chi connectivity index (χ0) is 15.3. The third-order valence-corrected chi connectivity index (χ3v) is 2.79. The molecular weight excluding hydrogens is 254 g/mol. The SMILES string of the molecule is CN(C)CCNC(=O)c1cccnc1C(=O)C(C)(C)C. The number of aromatic nitrogens is 1. The van der Waals surface area contributed by atoms with E-state index in [1.807, 2.05) is 39.8 Å². The molecule has 0 spiro atoms. The standard InChI is InChI=1S/C15H23N3O2/c1-15(2,3)13(19)12-11(7-6-8-16-12)14(20)17-9-10-18(4)5/h6-8H,9-10H2,1-5H3,(H,17,20). The fourth-order valence-corrected chi connectivity index (χ4v) is 1.61. The van der Waals surface area contributed by atoms with Crippen LogP contribution in [0.3, 0.4) is 0 Å². The number of rotatable bonds is 5. The van der Waals surface area contributed by atoms with E-state index in [2.05, 4.69) is 10.3 Å². The van der Waals surface area contributed by atoms with Gasteiger partial charge in [-0.2, -0.15) is 0 Å². The second-order valence-corrected chi connectivity index (χ2v) is 6.04. The van der Waals surface area contributed by atoms with Gasteiger partial charge in [-0.15, -0.1) is 0 Å². The second kappa shape index (κ2) is 6.61. The molecule has 20 heavy (non-hydrogen) atoms. The number of ketones is 1. The van der Waals surface area contributed by atoms with Gasteiger partial charge in [-0.1, -0.05) is 20.8 Å². The van der Waals surface area contributed by atoms with Crippen molar-refractivity contribution in [1.29, 1.82) is 0 Å². The van der Waals surface area contributed by atoms with Gasteiger partial charge in [-0.3, -0.25) is 14.6 Å². The maximum atomic E-state index is 12.3. The number of nitrogens with zero attached hydrogens (tertiary/aromatic N) is 2. The van der Waals surface area contributed by atoms with E-state index in [0.29, 0.717) is 12.1 Å². The Bertz CT molecular complexity index is 490. The molecule has 1 heterocycles. The van der Waals surface area contributed by atoms with Gasteiger partial charge in [-0.05, 0) is 26.2 Å². The highest BCUT2D eigenvalue weighted by Gasteiger charge is 2.28. The van der Waals surface area contributed by atoms with Gasteiger partial charge in [0.15, 0.2) is 5.78 Å². The van der Waals surface area contributed by atoms with Crippen LogP contribution in [0.25, 0.3) is 0 Å². The number of likely N-dealkylation sites (N-methyl/N-ethyl adjacent to an activating group) is 1. The van der Waals surface area contributed by atoms with Crippen molar-refractivity contribution >= 4 is 11.7 Å². The van der Waals surface area contributed by atoms with Gasteiger partial charge in [0.2, 0.25) is 0 Å². The summed E-state index contributed by atoms with van der Waals surface area (Å²) in [5.74, 6) is -0.386. The minimum atomic E-state index is -0.562. The summed E-state index contributed by atoms with van der Waals surface area (Å²) in [7, 11) is 3.87. The van der Waals surface area contributed by atoms with Gasteiger partial charge in [0.25, 0.3) is 5.91 Å². The fraction of sp³-hybridized carbons (Fsp3) is 0.533. The first-order chi connectivity index (χ1) is 9.23. The van der Waals surface area contributed by atoms with Crippen LogP contribution >= 0.6 is 0 Å². The highest BCUT2D eigenvalue weighted by molar-refractivity contribution is 6.08. The van der Waals surface area contributed by atoms with Gasteiger partial charge in [0.1, 0.15) is 5.69 Å². The molecule has 1 rings (SSSR count). The van der Waals surface area contributed by atoms with E-state index in [1.54, 1.807) is 12.1 Å². The van der Waals surface area contributed by atoms with E-state index >= 15 is 0 Å². The Hall–Kier alpha value is -1.75. The lowest BCUT2D eigenvalue weighted by molar-refractivity contribution is 0.0841. The summed E-state index contributed by atoms with van der Waals surface area (Å²) in [6, 6.07) is 3.30. The van der Waals surface area contributed by atoms with Gasteiger partial charge in [0.05, 0.1) is 5.56 Å². The average Bonchev–Trinajstić information content (AvgIpc) is 2.36. The Morgan fingerprint density at radius 2 is 1.95 bits per heavy atom. The Labute approximate surface area is 120 Å². The predicted octanol–water partition coefficient (Wildman–Crippen LogP) is 1.60. The average molecular weight is 277 g/mol. The number of carbonyl (C=O) groups is 2. The molecule has 110 valence electrons. The van der Waals surface area contributed by atoms with Crippen LogP contribution in [0.5, 0.6) is 0 Å². The van der Waals surface area contributed by atoms with E-state index in [-0.39, 0.29) is 17.4 Å². The Kier molecular flexibility index (Phi) is 5.39. The smallest absolute Gasteiger partial charge is 0.253 e. The second-order valence-electron chi connectivity index (χ2n) is 6.04. The van der Waals surface area contributed by atoms with Gasteiger partial charge in [0, 0.05) is 24.7 Å². The third-order valence-electron chi connectivity index (χ3n) is 2.79. The summed E-state index contributed by atoms with van der Waals surface area (Å²) < 4.78 is 0. The molecule has 0 aliphatic rings. The molecule has 0 saturated carbocycles. The van der Waals surface area contributed by atoms with Crippen LogP contribution in [-0.2, 0) is 0 Å². The van der Waals surface area contributed by atoms with Crippen molar-refractivity contribution in [1.82, 2.24) is 15.2 Å². The van der Waals surface area contributed by atoms with Crippen molar-refractivity contribution < 1.29 is 9.59 Å². The van der Waals surface area contributed by atoms with E-state index in [1.165, 1.54) is 6.20 Å². The van der Waals surface area contributed by atoms with Crippen LogP contribution in [0.15, 0.2) is 18.3 Å². The largest absolute Gasteiger partial charge is 0.351 e. The van der Waals surface area contributed by atoms with Crippen molar-refractivity contribution in [2.75, 3.05) is 27.2 Å². The van der Waals surface area contributed by atoms with Gasteiger partial charge in [-0.25, -0.2) is 0 Å². The van der Waals surface area contributed by atoms with E-state index in [9.17, 15) is 9.59 Å². The lowest BCUT2D eigenvalue weighted by Gasteiger charge is -2.18. The highest BCUT2D eigenvalue weighted by atomic mass is 16.2. The van der Waals surface area contributed by atoms with E-state index in [4.69, 9.17) is 0 Å². The summed E-state index contributed by atoms with van der Waals surface area (Å²) >= 11 is 0. The van der Waals surface area contributed by atoms with Crippen molar-refractivity contribution in [3.63, 3.8) is 0 Å². The zero-order valence-electron chi connectivity index (χ0n) is 12.9. The van der Waals surface area contributed by atoms with Crippen molar-refractivity contribution in [2.45, 2.75) is 20.8 Å². The maximum Gasteiger partial charge on any atom is 0.253 e. The van der Waals surface area contributed by atoms with Crippen LogP contribution in [0.1, 0.15) is 41.6 Å². The lowest BCUT2D eigenvalue weighted by Crippen LogP contribution is -2.33. The highest BCUT2D eigenvalue weighted by Crippen LogP contribution is 2.21. The van der Waals surface area contributed by atoms with Crippen LogP contribution in [0, 0.1) is 5.41 Å². The van der Waals surface area contributed by atoms with Crippen molar-refractivity contribution in [3.8, 4) is 0 Å². The first-order valence-corrected chi connectivity index (χ1v) is 6.66. The number of pyridine rings is 1. The predicted molar refractivity (Wildman–Crippen MR) is 78.9 cm³/mol. The number of nitrogens with one attached hydrogen (secondary N) is 1. The molecule has 1 amide bonds. The minimum Gasteiger partial charge on any atom is -0.351 e. The molecule has 1 aromatic rings. The van der Waals surface area contributed by atoms with Crippen LogP contribution < -0.4 is 5.32 Å². The summed E-state index contributed by atoms with van der Waals surface area (Å²) in [5.41, 5.74) is 0.0149. The molecule has 0 aliphatic carbocycles. The molecule has 1 aromatic heterocycles. The lowest BCUT2D eigenvalue weighted by atomic mass is 9.87. The fourth-order valence-electron chi connectivity index (χ4n) is 1.61. The molecular formula is C15H23N3O2. The summed E-state index contributed by atoms with van der Waals surface area (Å²) in [6.07, 6.45) is 1.54. The Morgan fingerprint density at radius 3 is 2.50 bits per heavy atom. The maximum absolute atomic E-state index is 12.3. The summed E-state index contributed by atoms with van der Waals surface area (Å²) in [6.45, 7) is 6.73. The molecule has 0 saturated heterocycles. The van der Waals surface area contributed by atoms with E-state index < -0.39 is 5.41 Å². The monoisotopic (exact) mass is 277 g/mol. The molecule has 0 aliphatic heterocycles. The topological polar surface area (TPSA) is 62.3 Å². The molecule has 0 bridgehead atoms. The van der Waals surface area contributed by atoms with Crippen molar-refractivity contribution in [2.24, 2.45) is 5.41 Å². The van der Waals surface area contributed by atoms with Crippen LogP contribution in [-0.4, -0.2) is 48.8 Å². The molecule has 0 aromatic carbocycles. The molecule has 1 N–H and O–H groups in total. The number of hydrogen-bond donors (Lipinski definition) is 1. The molecule has 5 nitrogen and oxygen atoms in total. The Morgan fingerprint density at radius 1 is 1.30 bits per heavy atom. The number of amides is 1. The normalized spacial score (nSPS) is 11.5.